The molecule has 0 radical (unpaired) electrons. The second-order valence-corrected chi connectivity index (χ2v) is 5.97. The van der Waals surface area contributed by atoms with Crippen LogP contribution in [0.3, 0.4) is 0 Å². The molecule has 0 atom stereocenters. The molecule has 0 saturated carbocycles. The van der Waals surface area contributed by atoms with Crippen LogP contribution < -0.4 is 5.43 Å². The average Bonchev–Trinajstić information content (AvgIpc) is 2.45. The topological polar surface area (TPSA) is 41.5 Å². The maximum atomic E-state index is 12.0. The number of hydrogen-bond donors (Lipinski definition) is 1. The van der Waals surface area contributed by atoms with Crippen LogP contribution in [0.4, 0.5) is 0 Å². The van der Waals surface area contributed by atoms with Gasteiger partial charge in [0.05, 0.1) is 16.3 Å². The zero-order valence-electron chi connectivity index (χ0n) is 11.0. The second kappa shape index (κ2) is 7.07. The summed E-state index contributed by atoms with van der Waals surface area (Å²) >= 11 is 15.4. The molecule has 0 unspecified atom stereocenters. The van der Waals surface area contributed by atoms with Crippen molar-refractivity contribution < 1.29 is 4.79 Å². The number of nitrogens with zero attached hydrogens (tertiary/aromatic N) is 1. The van der Waals surface area contributed by atoms with Crippen molar-refractivity contribution in [3.8, 4) is 0 Å². The fourth-order valence-corrected chi connectivity index (χ4v) is 2.46. The van der Waals surface area contributed by atoms with Crippen LogP contribution in [-0.4, -0.2) is 12.1 Å². The first-order chi connectivity index (χ1) is 9.99. The van der Waals surface area contributed by atoms with Gasteiger partial charge in [-0.25, -0.2) is 5.43 Å². The molecule has 0 aliphatic heterocycles. The van der Waals surface area contributed by atoms with E-state index in [0.717, 1.165) is 10.0 Å². The summed E-state index contributed by atoms with van der Waals surface area (Å²) in [7, 11) is 0. The van der Waals surface area contributed by atoms with E-state index in [9.17, 15) is 4.79 Å². The van der Waals surface area contributed by atoms with Gasteiger partial charge in [0, 0.05) is 15.6 Å². The van der Waals surface area contributed by atoms with Crippen LogP contribution in [0.2, 0.25) is 10.0 Å². The molecule has 0 spiro atoms. The number of aryl methyl sites for hydroxylation is 1. The van der Waals surface area contributed by atoms with E-state index < -0.39 is 0 Å². The molecular weight excluding hydrogens is 375 g/mol. The van der Waals surface area contributed by atoms with Crippen LogP contribution in [0.15, 0.2) is 46.0 Å². The van der Waals surface area contributed by atoms with Gasteiger partial charge >= 0.3 is 0 Å². The zero-order valence-corrected chi connectivity index (χ0v) is 14.1. The molecule has 2 rings (SSSR count). The summed E-state index contributed by atoms with van der Waals surface area (Å²) in [5, 5.41) is 4.82. The fourth-order valence-electron chi connectivity index (χ4n) is 1.59. The number of rotatable bonds is 3. The summed E-state index contributed by atoms with van der Waals surface area (Å²) in [4.78, 5) is 12.0. The van der Waals surface area contributed by atoms with Gasteiger partial charge in [0.15, 0.2) is 0 Å². The van der Waals surface area contributed by atoms with Crippen LogP contribution in [-0.2, 0) is 0 Å². The number of benzene rings is 2. The molecule has 108 valence electrons. The third-order valence-corrected chi connectivity index (χ3v) is 4.31. The van der Waals surface area contributed by atoms with Crippen molar-refractivity contribution >= 4 is 51.3 Å². The predicted octanol–water partition coefficient (Wildman–Crippen LogP) is 4.83. The molecule has 0 aliphatic rings. The predicted molar refractivity (Wildman–Crippen MR) is 90.4 cm³/mol. The molecule has 0 saturated heterocycles. The summed E-state index contributed by atoms with van der Waals surface area (Å²) in [5.41, 5.74) is 4.57. The van der Waals surface area contributed by atoms with Gasteiger partial charge < -0.3 is 0 Å². The highest BCUT2D eigenvalue weighted by Crippen LogP contribution is 2.22. The van der Waals surface area contributed by atoms with Crippen molar-refractivity contribution in [2.45, 2.75) is 6.92 Å². The third kappa shape index (κ3) is 4.06. The number of hydrazone groups is 1. The smallest absolute Gasteiger partial charge is 0.267 e. The fraction of sp³-hybridized carbons (Fsp3) is 0.0667. The van der Waals surface area contributed by atoms with Gasteiger partial charge in [-0.1, -0.05) is 51.3 Å². The van der Waals surface area contributed by atoms with Crippen LogP contribution in [0.25, 0.3) is 0 Å². The number of hydrogen-bond acceptors (Lipinski definition) is 2. The summed E-state index contributed by atoms with van der Waals surface area (Å²) in [6.45, 7) is 1.95. The Hall–Kier alpha value is -1.36. The van der Waals surface area contributed by atoms with E-state index in [0.29, 0.717) is 21.2 Å². The lowest BCUT2D eigenvalue weighted by Crippen LogP contribution is -2.17. The van der Waals surface area contributed by atoms with Gasteiger partial charge in [-0.3, -0.25) is 4.79 Å². The van der Waals surface area contributed by atoms with E-state index >= 15 is 0 Å². The Bertz CT molecular complexity index is 697. The van der Waals surface area contributed by atoms with E-state index in [4.69, 9.17) is 23.2 Å². The first-order valence-electron chi connectivity index (χ1n) is 6.02. The van der Waals surface area contributed by atoms with E-state index in [1.165, 1.54) is 6.21 Å². The van der Waals surface area contributed by atoms with Crippen molar-refractivity contribution in [1.82, 2.24) is 5.43 Å². The van der Waals surface area contributed by atoms with E-state index in [2.05, 4.69) is 26.5 Å². The lowest BCUT2D eigenvalue weighted by molar-refractivity contribution is 0.0955. The zero-order chi connectivity index (χ0) is 15.4. The molecule has 0 aliphatic carbocycles. The molecule has 3 nitrogen and oxygen atoms in total. The van der Waals surface area contributed by atoms with Crippen molar-refractivity contribution in [3.63, 3.8) is 0 Å². The molecular formula is C15H11BrCl2N2O. The molecule has 0 fully saturated rings. The van der Waals surface area contributed by atoms with Crippen LogP contribution in [0, 0.1) is 6.92 Å². The molecule has 6 heteroatoms. The minimum Gasteiger partial charge on any atom is -0.267 e. The van der Waals surface area contributed by atoms with Crippen LogP contribution >= 0.6 is 39.1 Å². The second-order valence-electron chi connectivity index (χ2n) is 4.30. The van der Waals surface area contributed by atoms with Gasteiger partial charge in [-0.05, 0) is 36.8 Å². The largest absolute Gasteiger partial charge is 0.271 e. The minimum absolute atomic E-state index is 0.310. The number of halogens is 3. The van der Waals surface area contributed by atoms with Crippen molar-refractivity contribution in [1.29, 1.82) is 0 Å². The molecule has 21 heavy (non-hydrogen) atoms. The summed E-state index contributed by atoms with van der Waals surface area (Å²) < 4.78 is 0.869. The number of carbonyl (C=O) groups excluding carboxylic acids is 1. The van der Waals surface area contributed by atoms with Crippen molar-refractivity contribution in [2.24, 2.45) is 5.10 Å². The third-order valence-electron chi connectivity index (χ3n) is 2.79. The Balaban J connectivity index is 2.10. The highest BCUT2D eigenvalue weighted by Gasteiger charge is 2.06. The standard InChI is InChI=1S/C15H11BrCl2N2O/c1-9-5-6-10(7-12(9)16)15(21)20-19-8-11-13(17)3-2-4-14(11)18/h2-8H,1H3,(H,20,21)/b19-8+. The molecule has 0 aromatic heterocycles. The molecule has 2 aromatic carbocycles. The number of nitrogens with one attached hydrogen (secondary N) is 1. The average molecular weight is 386 g/mol. The first-order valence-corrected chi connectivity index (χ1v) is 7.57. The van der Waals surface area contributed by atoms with Crippen molar-refractivity contribution in [3.05, 3.63) is 67.6 Å². The van der Waals surface area contributed by atoms with E-state index in [1.54, 1.807) is 30.3 Å². The SMILES string of the molecule is Cc1ccc(C(=O)N/N=C/c2c(Cl)cccc2Cl)cc1Br. The maximum absolute atomic E-state index is 12.0. The van der Waals surface area contributed by atoms with Crippen LogP contribution in [0.5, 0.6) is 0 Å². The monoisotopic (exact) mass is 384 g/mol. The first kappa shape index (κ1) is 16.0. The molecule has 1 N–H and O–H groups in total. The lowest BCUT2D eigenvalue weighted by atomic mass is 10.1. The molecule has 1 amide bonds. The quantitative estimate of drug-likeness (QED) is 0.596. The van der Waals surface area contributed by atoms with Gasteiger partial charge in [0.25, 0.3) is 5.91 Å². The van der Waals surface area contributed by atoms with Gasteiger partial charge in [0.2, 0.25) is 0 Å². The summed E-state index contributed by atoms with van der Waals surface area (Å²) in [6, 6.07) is 10.5. The normalized spacial score (nSPS) is 10.9. The Labute approximate surface area is 141 Å². The Morgan fingerprint density at radius 3 is 2.52 bits per heavy atom. The van der Waals surface area contributed by atoms with Gasteiger partial charge in [0.1, 0.15) is 0 Å². The Morgan fingerprint density at radius 2 is 1.90 bits per heavy atom. The number of carbonyl (C=O) groups is 1. The van der Waals surface area contributed by atoms with E-state index in [1.807, 2.05) is 13.0 Å². The van der Waals surface area contributed by atoms with Crippen molar-refractivity contribution in [2.75, 3.05) is 0 Å². The summed E-state index contributed by atoms with van der Waals surface area (Å²) in [6.07, 6.45) is 1.42. The molecule has 0 heterocycles. The van der Waals surface area contributed by atoms with E-state index in [-0.39, 0.29) is 5.91 Å². The Kier molecular flexibility index (Phi) is 5.39. The molecule has 2 aromatic rings. The summed E-state index contributed by atoms with van der Waals surface area (Å²) in [5.74, 6) is -0.310. The lowest BCUT2D eigenvalue weighted by Gasteiger charge is -2.03. The highest BCUT2D eigenvalue weighted by molar-refractivity contribution is 9.10. The minimum atomic E-state index is -0.310. The number of amides is 1. The van der Waals surface area contributed by atoms with Gasteiger partial charge in [-0.15, -0.1) is 0 Å². The van der Waals surface area contributed by atoms with Gasteiger partial charge in [-0.2, -0.15) is 5.10 Å². The Morgan fingerprint density at radius 1 is 1.24 bits per heavy atom. The maximum Gasteiger partial charge on any atom is 0.271 e. The highest BCUT2D eigenvalue weighted by atomic mass is 79.9. The van der Waals surface area contributed by atoms with Crippen LogP contribution in [0.1, 0.15) is 21.5 Å². The molecule has 0 bridgehead atoms.